The number of ether oxygens (including phenoxy) is 1. The van der Waals surface area contributed by atoms with E-state index < -0.39 is 17.9 Å². The summed E-state index contributed by atoms with van der Waals surface area (Å²) in [5, 5.41) is 8.40. The number of nitrogens with zero attached hydrogens (tertiary/aromatic N) is 1. The largest absolute Gasteiger partial charge is 0.478 e. The summed E-state index contributed by atoms with van der Waals surface area (Å²) in [5.74, 6) is -1.45. The number of primary amides is 1. The second-order valence-corrected chi connectivity index (χ2v) is 3.23. The molecule has 0 saturated carbocycles. The first kappa shape index (κ1) is 11.7. The van der Waals surface area contributed by atoms with E-state index in [0.29, 0.717) is 19.7 Å². The summed E-state index contributed by atoms with van der Waals surface area (Å²) in [7, 11) is 0. The molecule has 84 valence electrons. The van der Waals surface area contributed by atoms with Crippen LogP contribution in [0.25, 0.3) is 0 Å². The Labute approximate surface area is 87.3 Å². The van der Waals surface area contributed by atoms with Crippen molar-refractivity contribution in [2.75, 3.05) is 26.3 Å². The number of aliphatic carboxylic acids is 1. The Kier molecular flexibility index (Phi) is 4.26. The van der Waals surface area contributed by atoms with E-state index in [2.05, 4.69) is 0 Å². The molecular formula is C9H14N2O4. The summed E-state index contributed by atoms with van der Waals surface area (Å²) in [5.41, 5.74) is 5.19. The van der Waals surface area contributed by atoms with Crippen molar-refractivity contribution >= 4 is 11.9 Å². The zero-order valence-electron chi connectivity index (χ0n) is 8.26. The zero-order valence-corrected chi connectivity index (χ0v) is 8.26. The molecule has 1 atom stereocenters. The van der Waals surface area contributed by atoms with Crippen molar-refractivity contribution in [2.45, 2.75) is 6.04 Å². The van der Waals surface area contributed by atoms with Gasteiger partial charge in [0.1, 0.15) is 6.04 Å². The fourth-order valence-corrected chi connectivity index (χ4v) is 1.41. The second kappa shape index (κ2) is 5.47. The molecule has 1 unspecified atom stereocenters. The highest BCUT2D eigenvalue weighted by molar-refractivity contribution is 5.80. The Morgan fingerprint density at radius 2 is 2.33 bits per heavy atom. The van der Waals surface area contributed by atoms with Gasteiger partial charge in [-0.05, 0) is 0 Å². The fourth-order valence-electron chi connectivity index (χ4n) is 1.41. The molecular weight excluding hydrogens is 200 g/mol. The lowest BCUT2D eigenvalue weighted by molar-refractivity contribution is -0.131. The maximum Gasteiger partial charge on any atom is 0.328 e. The van der Waals surface area contributed by atoms with Gasteiger partial charge in [0, 0.05) is 19.2 Å². The third-order valence-electron chi connectivity index (χ3n) is 2.17. The Morgan fingerprint density at radius 1 is 1.60 bits per heavy atom. The van der Waals surface area contributed by atoms with E-state index in [1.54, 1.807) is 4.90 Å². The molecule has 1 rings (SSSR count). The van der Waals surface area contributed by atoms with Crippen LogP contribution in [0.5, 0.6) is 0 Å². The van der Waals surface area contributed by atoms with Crippen molar-refractivity contribution in [3.8, 4) is 0 Å². The van der Waals surface area contributed by atoms with Crippen molar-refractivity contribution in [2.24, 2.45) is 5.73 Å². The van der Waals surface area contributed by atoms with Crippen LogP contribution in [-0.4, -0.2) is 54.2 Å². The van der Waals surface area contributed by atoms with Crippen LogP contribution in [0.15, 0.2) is 12.2 Å². The lowest BCUT2D eigenvalue weighted by Crippen LogP contribution is -2.52. The summed E-state index contributed by atoms with van der Waals surface area (Å²) in [6.07, 6.45) is 2.54. The van der Waals surface area contributed by atoms with Crippen LogP contribution in [0.2, 0.25) is 0 Å². The number of hydrogen-bond acceptors (Lipinski definition) is 4. The maximum absolute atomic E-state index is 11.0. The Balaban J connectivity index is 2.49. The molecule has 0 aromatic carbocycles. The zero-order chi connectivity index (χ0) is 11.3. The van der Waals surface area contributed by atoms with Crippen molar-refractivity contribution in [3.63, 3.8) is 0 Å². The minimum Gasteiger partial charge on any atom is -0.478 e. The summed E-state index contributed by atoms with van der Waals surface area (Å²) >= 11 is 0. The smallest absolute Gasteiger partial charge is 0.328 e. The van der Waals surface area contributed by atoms with E-state index in [-0.39, 0.29) is 6.61 Å². The lowest BCUT2D eigenvalue weighted by atomic mass is 10.2. The van der Waals surface area contributed by atoms with Crippen LogP contribution < -0.4 is 5.73 Å². The highest BCUT2D eigenvalue weighted by atomic mass is 16.5. The van der Waals surface area contributed by atoms with E-state index in [0.717, 1.165) is 6.08 Å². The van der Waals surface area contributed by atoms with E-state index in [9.17, 15) is 9.59 Å². The molecule has 1 fully saturated rings. The number of rotatable bonds is 4. The maximum atomic E-state index is 11.0. The van der Waals surface area contributed by atoms with Crippen LogP contribution in [0.4, 0.5) is 0 Å². The summed E-state index contributed by atoms with van der Waals surface area (Å²) in [6, 6.07) is -0.461. The van der Waals surface area contributed by atoms with Crippen molar-refractivity contribution < 1.29 is 19.4 Å². The van der Waals surface area contributed by atoms with E-state index in [4.69, 9.17) is 15.6 Å². The molecule has 3 N–H and O–H groups in total. The van der Waals surface area contributed by atoms with Gasteiger partial charge in [0.05, 0.1) is 13.2 Å². The molecule has 1 aliphatic heterocycles. The second-order valence-electron chi connectivity index (χ2n) is 3.23. The number of morpholine rings is 1. The first-order valence-electron chi connectivity index (χ1n) is 4.62. The first-order valence-corrected chi connectivity index (χ1v) is 4.62. The topological polar surface area (TPSA) is 92.9 Å². The van der Waals surface area contributed by atoms with Gasteiger partial charge >= 0.3 is 5.97 Å². The number of amides is 1. The van der Waals surface area contributed by atoms with Crippen LogP contribution in [-0.2, 0) is 14.3 Å². The van der Waals surface area contributed by atoms with Gasteiger partial charge < -0.3 is 15.6 Å². The van der Waals surface area contributed by atoms with Gasteiger partial charge in [-0.15, -0.1) is 0 Å². The minimum atomic E-state index is -1.00. The number of carboxylic acid groups (broad SMARTS) is 1. The van der Waals surface area contributed by atoms with Gasteiger partial charge in [0.25, 0.3) is 0 Å². The Morgan fingerprint density at radius 3 is 2.93 bits per heavy atom. The number of carbonyl (C=O) groups excluding carboxylic acids is 1. The lowest BCUT2D eigenvalue weighted by Gasteiger charge is -2.32. The quantitative estimate of drug-likeness (QED) is 0.574. The average molecular weight is 214 g/mol. The molecule has 0 bridgehead atoms. The van der Waals surface area contributed by atoms with Gasteiger partial charge in [-0.2, -0.15) is 0 Å². The third kappa shape index (κ3) is 3.69. The molecule has 0 radical (unpaired) electrons. The van der Waals surface area contributed by atoms with E-state index in [1.807, 2.05) is 0 Å². The molecule has 0 aromatic heterocycles. The number of carboxylic acids is 1. The van der Waals surface area contributed by atoms with Crippen LogP contribution >= 0.6 is 0 Å². The van der Waals surface area contributed by atoms with E-state index >= 15 is 0 Å². The molecule has 0 aromatic rings. The monoisotopic (exact) mass is 214 g/mol. The van der Waals surface area contributed by atoms with Gasteiger partial charge in [-0.1, -0.05) is 6.08 Å². The molecule has 1 aliphatic rings. The molecule has 6 heteroatoms. The first-order chi connectivity index (χ1) is 7.11. The standard InChI is InChI=1S/C9H14N2O4/c10-9(14)7-6-15-5-4-11(7)3-1-2-8(12)13/h1-2,7H,3-6H2,(H2,10,14)(H,12,13)/b2-1+. The van der Waals surface area contributed by atoms with Gasteiger partial charge in [-0.3, -0.25) is 9.69 Å². The van der Waals surface area contributed by atoms with Crippen molar-refractivity contribution in [1.29, 1.82) is 0 Å². The fraction of sp³-hybridized carbons (Fsp3) is 0.556. The van der Waals surface area contributed by atoms with Crippen molar-refractivity contribution in [3.05, 3.63) is 12.2 Å². The van der Waals surface area contributed by atoms with Crippen LogP contribution in [0.3, 0.4) is 0 Å². The molecule has 1 saturated heterocycles. The highest BCUT2D eigenvalue weighted by Crippen LogP contribution is 2.05. The van der Waals surface area contributed by atoms with Gasteiger partial charge in [-0.25, -0.2) is 4.79 Å². The Bertz CT molecular complexity index is 277. The summed E-state index contributed by atoms with van der Waals surface area (Å²) in [6.45, 7) is 1.78. The number of nitrogens with two attached hydrogens (primary N) is 1. The average Bonchev–Trinajstić information content (AvgIpc) is 2.17. The molecule has 1 amide bonds. The number of carbonyl (C=O) groups is 2. The van der Waals surface area contributed by atoms with E-state index in [1.165, 1.54) is 6.08 Å². The normalized spacial score (nSPS) is 23.1. The predicted molar refractivity (Wildman–Crippen MR) is 52.2 cm³/mol. The minimum absolute atomic E-state index is 0.274. The summed E-state index contributed by atoms with van der Waals surface area (Å²) in [4.78, 5) is 23.1. The molecule has 0 spiro atoms. The predicted octanol–water partition coefficient (Wildman–Crippen LogP) is -1.19. The molecule has 6 nitrogen and oxygen atoms in total. The van der Waals surface area contributed by atoms with Gasteiger partial charge in [0.2, 0.25) is 5.91 Å². The molecule has 15 heavy (non-hydrogen) atoms. The number of hydrogen-bond donors (Lipinski definition) is 2. The molecule has 0 aliphatic carbocycles. The Hall–Kier alpha value is -1.40. The van der Waals surface area contributed by atoms with Crippen molar-refractivity contribution in [1.82, 2.24) is 4.90 Å². The third-order valence-corrected chi connectivity index (χ3v) is 2.17. The van der Waals surface area contributed by atoms with Crippen LogP contribution in [0, 0.1) is 0 Å². The van der Waals surface area contributed by atoms with Crippen LogP contribution in [0.1, 0.15) is 0 Å². The molecule has 1 heterocycles. The van der Waals surface area contributed by atoms with Gasteiger partial charge in [0.15, 0.2) is 0 Å². The highest BCUT2D eigenvalue weighted by Gasteiger charge is 2.26. The summed E-state index contributed by atoms with van der Waals surface area (Å²) < 4.78 is 5.12. The SMILES string of the molecule is NC(=O)C1COCCN1C/C=C/C(=O)O.